The molecule has 28 heavy (non-hydrogen) atoms. The Morgan fingerprint density at radius 2 is 1.96 bits per heavy atom. The minimum Gasteiger partial charge on any atom is -0.370 e. The Labute approximate surface area is 160 Å². The van der Waals surface area contributed by atoms with Crippen LogP contribution in [0.5, 0.6) is 0 Å². The molecule has 0 amide bonds. The van der Waals surface area contributed by atoms with Crippen LogP contribution < -0.4 is 10.6 Å². The summed E-state index contributed by atoms with van der Waals surface area (Å²) in [6.45, 7) is 3.74. The average Bonchev–Trinajstić information content (AvgIpc) is 2.85. The van der Waals surface area contributed by atoms with Crippen molar-refractivity contribution in [2.45, 2.75) is 44.2 Å². The van der Waals surface area contributed by atoms with E-state index in [-0.39, 0.29) is 29.6 Å². The highest BCUT2D eigenvalue weighted by molar-refractivity contribution is 7.91. The Morgan fingerprint density at radius 3 is 2.54 bits per heavy atom. The van der Waals surface area contributed by atoms with E-state index < -0.39 is 21.6 Å². The van der Waals surface area contributed by atoms with E-state index in [4.69, 9.17) is 0 Å². The van der Waals surface area contributed by atoms with Gasteiger partial charge in [0.15, 0.2) is 0 Å². The molecule has 0 spiro atoms. The first-order valence-electron chi connectivity index (χ1n) is 8.68. The second-order valence-corrected chi connectivity index (χ2v) is 9.10. The molecule has 2 aromatic heterocycles. The molecule has 0 bridgehead atoms. The van der Waals surface area contributed by atoms with E-state index >= 15 is 0 Å². The number of anilines is 3. The molecule has 0 atom stereocenters. The summed E-state index contributed by atoms with van der Waals surface area (Å²) in [6.07, 6.45) is -0.102. The lowest BCUT2D eigenvalue weighted by Crippen LogP contribution is -2.37. The lowest BCUT2D eigenvalue weighted by atomic mass is 9.92. The van der Waals surface area contributed by atoms with Crippen LogP contribution in [0.1, 0.15) is 37.1 Å². The van der Waals surface area contributed by atoms with Crippen LogP contribution in [0, 0.1) is 6.92 Å². The third-order valence-corrected chi connectivity index (χ3v) is 6.35. The Bertz CT molecular complexity index is 967. The van der Waals surface area contributed by atoms with Crippen LogP contribution in [0.25, 0.3) is 0 Å². The van der Waals surface area contributed by atoms with Gasteiger partial charge >= 0.3 is 6.18 Å². The number of nitrogens with zero attached hydrogens (tertiary/aromatic N) is 4. The fourth-order valence-corrected chi connectivity index (χ4v) is 4.22. The zero-order valence-corrected chi connectivity index (χ0v) is 16.4. The minimum atomic E-state index is -4.56. The highest BCUT2D eigenvalue weighted by Gasteiger charge is 2.38. The lowest BCUT2D eigenvalue weighted by molar-refractivity contribution is -0.137. The van der Waals surface area contributed by atoms with Gasteiger partial charge in [0.05, 0.1) is 28.9 Å². The third-order valence-electron chi connectivity index (χ3n) is 4.75. The van der Waals surface area contributed by atoms with Gasteiger partial charge in [-0.05, 0) is 26.7 Å². The smallest absolute Gasteiger partial charge is 0.370 e. The Kier molecular flexibility index (Phi) is 5.26. The normalized spacial score (nSPS) is 19.9. The predicted octanol–water partition coefficient (Wildman–Crippen LogP) is 2.92. The maximum Gasteiger partial charge on any atom is 0.421 e. The molecule has 0 aromatic carbocycles. The number of hydrogen-bond donors (Lipinski definition) is 2. The first kappa shape index (κ1) is 20.4. The number of hydrogen-bond acceptors (Lipinski definition) is 7. The molecule has 0 radical (unpaired) electrons. The molecule has 1 fully saturated rings. The predicted molar refractivity (Wildman–Crippen MR) is 98.3 cm³/mol. The number of sulfone groups is 1. The zero-order valence-electron chi connectivity index (χ0n) is 15.6. The molecule has 1 aliphatic rings. The number of halogens is 3. The fourth-order valence-electron chi connectivity index (χ4n) is 3.07. The summed E-state index contributed by atoms with van der Waals surface area (Å²) in [7, 11) is -3.06. The summed E-state index contributed by atoms with van der Waals surface area (Å²) in [5.41, 5.74) is 0.337. The summed E-state index contributed by atoms with van der Waals surface area (Å²) < 4.78 is 64.0. The van der Waals surface area contributed by atoms with E-state index in [0.717, 1.165) is 11.9 Å². The Hall–Kier alpha value is -2.37. The summed E-state index contributed by atoms with van der Waals surface area (Å²) in [5.74, 6) is -0.290. The van der Waals surface area contributed by atoms with E-state index in [1.54, 1.807) is 18.5 Å². The van der Waals surface area contributed by atoms with E-state index in [2.05, 4.69) is 25.7 Å². The van der Waals surface area contributed by atoms with Crippen LogP contribution in [0.2, 0.25) is 0 Å². The SMILES string of the molecule is CCNc1nc(Nc2cnn(C3CC(S(C)(=O)=O)C3)c2C)ncc1C(F)(F)F. The molecule has 3 rings (SSSR count). The molecule has 0 saturated heterocycles. The summed E-state index contributed by atoms with van der Waals surface area (Å²) in [4.78, 5) is 7.69. The fraction of sp³-hybridized carbons (Fsp3) is 0.562. The molecule has 1 aliphatic carbocycles. The Morgan fingerprint density at radius 1 is 1.29 bits per heavy atom. The second kappa shape index (κ2) is 7.22. The van der Waals surface area contributed by atoms with Gasteiger partial charge in [0.2, 0.25) is 5.95 Å². The van der Waals surface area contributed by atoms with Crippen molar-refractivity contribution >= 4 is 27.3 Å². The Balaban J connectivity index is 1.78. The van der Waals surface area contributed by atoms with Crippen molar-refractivity contribution in [1.29, 1.82) is 0 Å². The first-order valence-corrected chi connectivity index (χ1v) is 10.6. The van der Waals surface area contributed by atoms with Crippen LogP contribution in [-0.4, -0.2) is 46.2 Å². The maximum atomic E-state index is 13.1. The average molecular weight is 418 g/mol. The second-order valence-electron chi connectivity index (χ2n) is 6.77. The standard InChI is InChI=1S/C16H21F3N6O2S/c1-4-20-14-12(16(17,18)19)7-21-15(24-14)23-13-8-22-25(9(13)2)10-5-11(6-10)28(3,26)27/h7-8,10-11H,4-6H2,1-3H3,(H2,20,21,23,24). The highest BCUT2D eigenvalue weighted by atomic mass is 32.2. The van der Waals surface area contributed by atoms with Gasteiger partial charge in [-0.2, -0.15) is 23.3 Å². The topological polar surface area (TPSA) is 102 Å². The van der Waals surface area contributed by atoms with E-state index in [1.165, 1.54) is 12.5 Å². The molecule has 2 heterocycles. The molecule has 12 heteroatoms. The van der Waals surface area contributed by atoms with Crippen LogP contribution >= 0.6 is 0 Å². The number of nitrogens with one attached hydrogen (secondary N) is 2. The third kappa shape index (κ3) is 4.05. The maximum absolute atomic E-state index is 13.1. The minimum absolute atomic E-state index is 0.00854. The molecule has 2 aromatic rings. The van der Waals surface area contributed by atoms with Crippen molar-refractivity contribution < 1.29 is 21.6 Å². The van der Waals surface area contributed by atoms with Crippen molar-refractivity contribution in [3.63, 3.8) is 0 Å². The quantitative estimate of drug-likeness (QED) is 0.744. The van der Waals surface area contributed by atoms with Gasteiger partial charge in [-0.15, -0.1) is 0 Å². The number of aromatic nitrogens is 4. The molecule has 0 aliphatic heterocycles. The summed E-state index contributed by atoms with van der Waals surface area (Å²) >= 11 is 0. The van der Waals surface area contributed by atoms with Gasteiger partial charge < -0.3 is 10.6 Å². The van der Waals surface area contributed by atoms with Crippen molar-refractivity contribution in [3.8, 4) is 0 Å². The lowest BCUT2D eigenvalue weighted by Gasteiger charge is -2.34. The van der Waals surface area contributed by atoms with Gasteiger partial charge in [0.1, 0.15) is 21.2 Å². The molecular formula is C16H21F3N6O2S. The summed E-state index contributed by atoms with van der Waals surface area (Å²) in [6, 6.07) is -0.0267. The van der Waals surface area contributed by atoms with Crippen molar-refractivity contribution in [3.05, 3.63) is 23.7 Å². The van der Waals surface area contributed by atoms with Gasteiger partial charge in [-0.25, -0.2) is 13.4 Å². The monoisotopic (exact) mass is 418 g/mol. The van der Waals surface area contributed by atoms with Crippen molar-refractivity contribution in [1.82, 2.24) is 19.7 Å². The van der Waals surface area contributed by atoms with E-state index in [1.807, 2.05) is 0 Å². The number of rotatable bonds is 6. The largest absolute Gasteiger partial charge is 0.421 e. The van der Waals surface area contributed by atoms with Crippen LogP contribution in [0.15, 0.2) is 12.4 Å². The molecule has 8 nitrogen and oxygen atoms in total. The van der Waals surface area contributed by atoms with Crippen LogP contribution in [-0.2, 0) is 16.0 Å². The van der Waals surface area contributed by atoms with Crippen LogP contribution in [0.3, 0.4) is 0 Å². The van der Waals surface area contributed by atoms with E-state index in [0.29, 0.717) is 18.5 Å². The number of alkyl halides is 3. The highest BCUT2D eigenvalue weighted by Crippen LogP contribution is 2.38. The molecule has 154 valence electrons. The molecular weight excluding hydrogens is 397 g/mol. The summed E-state index contributed by atoms with van der Waals surface area (Å²) in [5, 5.41) is 9.39. The van der Waals surface area contributed by atoms with Gasteiger partial charge in [-0.3, -0.25) is 4.68 Å². The molecule has 2 N–H and O–H groups in total. The first-order chi connectivity index (χ1) is 13.0. The van der Waals surface area contributed by atoms with Crippen molar-refractivity contribution in [2.24, 2.45) is 0 Å². The molecule has 0 unspecified atom stereocenters. The van der Waals surface area contributed by atoms with Gasteiger partial charge in [0, 0.05) is 19.0 Å². The van der Waals surface area contributed by atoms with Gasteiger partial charge in [0.25, 0.3) is 0 Å². The van der Waals surface area contributed by atoms with Gasteiger partial charge in [-0.1, -0.05) is 0 Å². The molecule has 1 saturated carbocycles. The van der Waals surface area contributed by atoms with E-state index in [9.17, 15) is 21.6 Å². The van der Waals surface area contributed by atoms with Crippen LogP contribution in [0.4, 0.5) is 30.6 Å². The van der Waals surface area contributed by atoms with Crippen molar-refractivity contribution in [2.75, 3.05) is 23.4 Å². The zero-order chi connectivity index (χ0) is 20.7.